The Morgan fingerprint density at radius 1 is 1.18 bits per heavy atom. The average molecular weight is 440 g/mol. The molecule has 0 bridgehead atoms. The molecule has 2 aromatic rings. The number of aromatic nitrogens is 1. The van der Waals surface area contributed by atoms with Gasteiger partial charge in [0.2, 0.25) is 0 Å². The molecule has 0 N–H and O–H groups in total. The quantitative estimate of drug-likeness (QED) is 0.491. The zero-order valence-corrected chi connectivity index (χ0v) is 17.7. The molecular weight excluding hydrogens is 423 g/mol. The van der Waals surface area contributed by atoms with Crippen molar-refractivity contribution < 1.29 is 14.3 Å². The van der Waals surface area contributed by atoms with E-state index in [4.69, 9.17) is 39.5 Å². The number of halogens is 3. The fourth-order valence-corrected chi connectivity index (χ4v) is 3.80. The Labute approximate surface area is 177 Å². The van der Waals surface area contributed by atoms with E-state index in [1.165, 1.54) is 12.3 Å². The Morgan fingerprint density at radius 2 is 1.86 bits per heavy atom. The Bertz CT molecular complexity index is 1000. The highest BCUT2D eigenvalue weighted by Crippen LogP contribution is 2.46. The van der Waals surface area contributed by atoms with Gasteiger partial charge in [0, 0.05) is 36.1 Å². The zero-order valence-electron chi connectivity index (χ0n) is 15.4. The number of benzene rings is 1. The molecule has 0 aliphatic carbocycles. The SMILES string of the molecule is CN1C(=CC(=O)COC(=O)c2ncc(Cl)c(Cl)c2Cl)C(C)(C)c2ccccc21. The van der Waals surface area contributed by atoms with Crippen LogP contribution in [0.15, 0.2) is 42.2 Å². The van der Waals surface area contributed by atoms with Gasteiger partial charge in [-0.1, -0.05) is 66.8 Å². The zero-order chi connectivity index (χ0) is 20.6. The molecule has 0 fully saturated rings. The second-order valence-corrected chi connectivity index (χ2v) is 8.02. The highest BCUT2D eigenvalue weighted by Gasteiger charge is 2.38. The second kappa shape index (κ2) is 7.74. The first-order valence-electron chi connectivity index (χ1n) is 8.39. The number of pyridine rings is 1. The molecule has 5 nitrogen and oxygen atoms in total. The molecular formula is C20H17Cl3N2O3. The standard InChI is InChI=1S/C20H17Cl3N2O3/c1-20(2)12-6-4-5-7-14(12)25(3)15(20)8-11(26)10-28-19(27)18-17(23)16(22)13(21)9-24-18/h4-9H,10H2,1-3H3. The molecule has 8 heteroatoms. The van der Waals surface area contributed by atoms with Crippen LogP contribution in [0, 0.1) is 0 Å². The maximum atomic E-state index is 12.4. The molecule has 0 unspecified atom stereocenters. The number of carbonyl (C=O) groups is 2. The number of nitrogens with zero attached hydrogens (tertiary/aromatic N) is 2. The molecule has 0 atom stereocenters. The number of hydrogen-bond donors (Lipinski definition) is 0. The number of carbonyl (C=O) groups excluding carboxylic acids is 2. The van der Waals surface area contributed by atoms with Crippen LogP contribution in [0.25, 0.3) is 0 Å². The van der Waals surface area contributed by atoms with E-state index in [2.05, 4.69) is 4.98 Å². The summed E-state index contributed by atoms with van der Waals surface area (Å²) in [4.78, 5) is 30.4. The fraction of sp³-hybridized carbons (Fsp3) is 0.250. The number of likely N-dealkylation sites (N-methyl/N-ethyl adjacent to an activating group) is 1. The van der Waals surface area contributed by atoms with Gasteiger partial charge in [-0.25, -0.2) is 9.78 Å². The minimum absolute atomic E-state index is 0.00539. The summed E-state index contributed by atoms with van der Waals surface area (Å²) in [5, 5.41) is 0.0120. The number of hydrogen-bond acceptors (Lipinski definition) is 5. The lowest BCUT2D eigenvalue weighted by Gasteiger charge is -2.23. The lowest BCUT2D eigenvalue weighted by atomic mass is 9.83. The van der Waals surface area contributed by atoms with Crippen LogP contribution in [-0.2, 0) is 14.9 Å². The summed E-state index contributed by atoms with van der Waals surface area (Å²) in [5.41, 5.74) is 2.44. The lowest BCUT2D eigenvalue weighted by Crippen LogP contribution is -2.25. The summed E-state index contributed by atoms with van der Waals surface area (Å²) < 4.78 is 5.06. The molecule has 146 valence electrons. The molecule has 0 saturated carbocycles. The largest absolute Gasteiger partial charge is 0.453 e. The molecule has 0 amide bonds. The van der Waals surface area contributed by atoms with Crippen LogP contribution >= 0.6 is 34.8 Å². The van der Waals surface area contributed by atoms with Crippen molar-refractivity contribution in [1.82, 2.24) is 4.98 Å². The second-order valence-electron chi connectivity index (χ2n) is 6.86. The van der Waals surface area contributed by atoms with E-state index in [0.29, 0.717) is 0 Å². The van der Waals surface area contributed by atoms with Crippen molar-refractivity contribution in [2.75, 3.05) is 18.6 Å². The van der Waals surface area contributed by atoms with Crippen LogP contribution in [0.1, 0.15) is 29.9 Å². The monoisotopic (exact) mass is 438 g/mol. The van der Waals surface area contributed by atoms with Gasteiger partial charge in [0.05, 0.1) is 15.1 Å². The van der Waals surface area contributed by atoms with Gasteiger partial charge in [0.1, 0.15) is 0 Å². The summed E-state index contributed by atoms with van der Waals surface area (Å²) in [7, 11) is 1.90. The van der Waals surface area contributed by atoms with Crippen molar-refractivity contribution in [1.29, 1.82) is 0 Å². The van der Waals surface area contributed by atoms with Crippen molar-refractivity contribution in [2.24, 2.45) is 0 Å². The predicted molar refractivity (Wildman–Crippen MR) is 111 cm³/mol. The van der Waals surface area contributed by atoms with E-state index in [1.54, 1.807) is 0 Å². The third-order valence-corrected chi connectivity index (χ3v) is 5.93. The lowest BCUT2D eigenvalue weighted by molar-refractivity contribution is -0.117. The Kier molecular flexibility index (Phi) is 5.71. The van der Waals surface area contributed by atoms with Gasteiger partial charge in [-0.2, -0.15) is 0 Å². The highest BCUT2D eigenvalue weighted by molar-refractivity contribution is 6.48. The first-order valence-corrected chi connectivity index (χ1v) is 9.53. The van der Waals surface area contributed by atoms with E-state index in [1.807, 2.05) is 50.1 Å². The fourth-order valence-electron chi connectivity index (χ4n) is 3.24. The van der Waals surface area contributed by atoms with Gasteiger partial charge in [-0.15, -0.1) is 0 Å². The van der Waals surface area contributed by atoms with Gasteiger partial charge < -0.3 is 9.64 Å². The summed E-state index contributed by atoms with van der Waals surface area (Å²) in [6.45, 7) is 3.64. The molecule has 2 heterocycles. The first kappa shape index (κ1) is 20.6. The summed E-state index contributed by atoms with van der Waals surface area (Å²) in [5.74, 6) is -1.20. The number of esters is 1. The minimum Gasteiger partial charge on any atom is -0.453 e. The summed E-state index contributed by atoms with van der Waals surface area (Å²) >= 11 is 17.7. The molecule has 0 spiro atoms. The van der Waals surface area contributed by atoms with Crippen molar-refractivity contribution in [2.45, 2.75) is 19.3 Å². The van der Waals surface area contributed by atoms with Crippen molar-refractivity contribution in [3.8, 4) is 0 Å². The Hall–Kier alpha value is -2.08. The number of allylic oxidation sites excluding steroid dienone is 1. The topological polar surface area (TPSA) is 59.5 Å². The molecule has 1 aliphatic heterocycles. The third kappa shape index (κ3) is 3.62. The Balaban J connectivity index is 1.74. The normalized spacial score (nSPS) is 16.2. The molecule has 1 aromatic heterocycles. The average Bonchev–Trinajstić information content (AvgIpc) is 2.85. The highest BCUT2D eigenvalue weighted by atomic mass is 35.5. The van der Waals surface area contributed by atoms with E-state index >= 15 is 0 Å². The van der Waals surface area contributed by atoms with E-state index in [0.717, 1.165) is 16.9 Å². The summed E-state index contributed by atoms with van der Waals surface area (Å²) in [6.07, 6.45) is 2.69. The molecule has 0 saturated heterocycles. The van der Waals surface area contributed by atoms with E-state index < -0.39 is 12.6 Å². The smallest absolute Gasteiger partial charge is 0.358 e. The first-order chi connectivity index (χ1) is 13.1. The summed E-state index contributed by atoms with van der Waals surface area (Å²) in [6, 6.07) is 7.95. The van der Waals surface area contributed by atoms with E-state index in [-0.39, 0.29) is 32.0 Å². The van der Waals surface area contributed by atoms with Crippen LogP contribution in [0.3, 0.4) is 0 Å². The number of ketones is 1. The minimum atomic E-state index is -0.849. The molecule has 1 aliphatic rings. The van der Waals surface area contributed by atoms with Gasteiger partial charge in [-0.3, -0.25) is 4.79 Å². The van der Waals surface area contributed by atoms with Crippen molar-refractivity contribution in [3.63, 3.8) is 0 Å². The molecule has 28 heavy (non-hydrogen) atoms. The van der Waals surface area contributed by atoms with E-state index in [9.17, 15) is 9.59 Å². The molecule has 0 radical (unpaired) electrons. The van der Waals surface area contributed by atoms with Crippen LogP contribution in [-0.4, -0.2) is 30.4 Å². The number of anilines is 1. The number of rotatable bonds is 4. The van der Waals surface area contributed by atoms with Crippen LogP contribution in [0.2, 0.25) is 15.1 Å². The predicted octanol–water partition coefficient (Wildman–Crippen LogP) is 5.08. The number of ether oxygens (including phenoxy) is 1. The van der Waals surface area contributed by atoms with Crippen molar-refractivity contribution >= 4 is 52.2 Å². The van der Waals surface area contributed by atoms with Crippen LogP contribution in [0.5, 0.6) is 0 Å². The number of fused-ring (bicyclic) bond motifs is 1. The molecule has 1 aromatic carbocycles. The maximum Gasteiger partial charge on any atom is 0.358 e. The van der Waals surface area contributed by atoms with Gasteiger partial charge in [-0.05, 0) is 11.6 Å². The number of para-hydroxylation sites is 1. The van der Waals surface area contributed by atoms with Crippen molar-refractivity contribution in [3.05, 3.63) is 68.6 Å². The maximum absolute atomic E-state index is 12.4. The van der Waals surface area contributed by atoms with Gasteiger partial charge in [0.15, 0.2) is 18.1 Å². The molecule has 3 rings (SSSR count). The van der Waals surface area contributed by atoms with Crippen LogP contribution < -0.4 is 4.90 Å². The van der Waals surface area contributed by atoms with Gasteiger partial charge in [0.25, 0.3) is 0 Å². The van der Waals surface area contributed by atoms with Gasteiger partial charge >= 0.3 is 5.97 Å². The third-order valence-electron chi connectivity index (χ3n) is 4.69. The van der Waals surface area contributed by atoms with Crippen LogP contribution in [0.4, 0.5) is 5.69 Å². The Morgan fingerprint density at radius 3 is 2.54 bits per heavy atom.